The average molecular weight is 268 g/mol. The molecule has 0 bridgehead atoms. The Bertz CT molecular complexity index is 233. The van der Waals surface area contributed by atoms with E-state index >= 15 is 0 Å². The number of hydrogen-bond acceptors (Lipinski definition) is 1. The maximum Gasteiger partial charge on any atom is 0.306 e. The fourth-order valence-corrected chi connectivity index (χ4v) is 2.10. The molecular formula is C17H32O2. The normalized spacial score (nSPS) is 12.9. The summed E-state index contributed by atoms with van der Waals surface area (Å²) in [5, 5.41) is 8.74. The summed E-state index contributed by atoms with van der Waals surface area (Å²) >= 11 is 0. The fourth-order valence-electron chi connectivity index (χ4n) is 2.10. The lowest BCUT2D eigenvalue weighted by molar-refractivity contribution is -0.141. The monoisotopic (exact) mass is 268 g/mol. The molecule has 2 heteroatoms. The zero-order valence-corrected chi connectivity index (χ0v) is 12.9. The molecule has 0 radical (unpaired) electrons. The second kappa shape index (κ2) is 13.6. The summed E-state index contributed by atoms with van der Waals surface area (Å²) in [5.41, 5.74) is 0. The topological polar surface area (TPSA) is 37.3 Å². The van der Waals surface area contributed by atoms with Crippen molar-refractivity contribution in [3.8, 4) is 0 Å². The molecule has 112 valence electrons. The summed E-state index contributed by atoms with van der Waals surface area (Å²) in [5.74, 6) is -0.899. The van der Waals surface area contributed by atoms with E-state index in [4.69, 9.17) is 5.11 Å². The Hall–Kier alpha value is -0.790. The van der Waals surface area contributed by atoms with Crippen LogP contribution >= 0.6 is 0 Å². The van der Waals surface area contributed by atoms with Gasteiger partial charge in [-0.25, -0.2) is 0 Å². The predicted octanol–water partition coefficient (Wildman–Crippen LogP) is 5.57. The van der Waals surface area contributed by atoms with Crippen LogP contribution in [-0.2, 0) is 4.79 Å². The van der Waals surface area contributed by atoms with E-state index in [1.807, 2.05) is 0 Å². The first-order chi connectivity index (χ1) is 9.18. The number of allylic oxidation sites excluding steroid dienone is 2. The van der Waals surface area contributed by atoms with E-state index in [-0.39, 0.29) is 5.92 Å². The number of aliphatic carboxylic acids is 1. The molecule has 0 fully saturated rings. The number of carboxylic acid groups (broad SMARTS) is 1. The molecule has 0 saturated carbocycles. The fraction of sp³-hybridized carbons (Fsp3) is 0.824. The number of unbranched alkanes of at least 4 members (excludes halogenated alkanes) is 8. The first kappa shape index (κ1) is 18.2. The van der Waals surface area contributed by atoms with Gasteiger partial charge in [0, 0.05) is 0 Å². The molecular weight excluding hydrogens is 236 g/mol. The first-order valence-electron chi connectivity index (χ1n) is 8.06. The molecule has 0 heterocycles. The molecule has 0 amide bonds. The van der Waals surface area contributed by atoms with Crippen molar-refractivity contribution in [1.82, 2.24) is 0 Å². The van der Waals surface area contributed by atoms with Crippen LogP contribution < -0.4 is 0 Å². The molecule has 0 rings (SSSR count). The Morgan fingerprint density at radius 2 is 1.47 bits per heavy atom. The first-order valence-corrected chi connectivity index (χ1v) is 8.06. The lowest BCUT2D eigenvalue weighted by Gasteiger charge is -2.02. The highest BCUT2D eigenvalue weighted by molar-refractivity contribution is 5.69. The smallest absolute Gasteiger partial charge is 0.306 e. The Kier molecular flexibility index (Phi) is 13.1. The van der Waals surface area contributed by atoms with Crippen LogP contribution in [-0.4, -0.2) is 11.1 Å². The SMILES string of the molecule is CCCCCCCCCCC=CCCC(C)C(=O)O. The van der Waals surface area contributed by atoms with E-state index < -0.39 is 5.97 Å². The van der Waals surface area contributed by atoms with E-state index in [0.29, 0.717) is 0 Å². The third kappa shape index (κ3) is 13.4. The van der Waals surface area contributed by atoms with Gasteiger partial charge in [-0.15, -0.1) is 0 Å². The van der Waals surface area contributed by atoms with Gasteiger partial charge in [0.25, 0.3) is 0 Å². The van der Waals surface area contributed by atoms with Gasteiger partial charge in [-0.2, -0.15) is 0 Å². The molecule has 2 nitrogen and oxygen atoms in total. The van der Waals surface area contributed by atoms with Crippen LogP contribution in [0.3, 0.4) is 0 Å². The minimum absolute atomic E-state index is 0.215. The largest absolute Gasteiger partial charge is 0.481 e. The molecule has 0 aliphatic carbocycles. The standard InChI is InChI=1S/C17H32O2/c1-3-4-5-6-7-8-9-10-11-12-13-14-15-16(2)17(18)19/h12-13,16H,3-11,14-15H2,1-2H3,(H,18,19). The Morgan fingerprint density at radius 3 is 2.05 bits per heavy atom. The summed E-state index contributed by atoms with van der Waals surface area (Å²) < 4.78 is 0. The van der Waals surface area contributed by atoms with Gasteiger partial charge in [-0.1, -0.05) is 70.9 Å². The summed E-state index contributed by atoms with van der Waals surface area (Å²) in [7, 11) is 0. The van der Waals surface area contributed by atoms with Gasteiger partial charge in [0.15, 0.2) is 0 Å². The van der Waals surface area contributed by atoms with Gasteiger partial charge < -0.3 is 5.11 Å². The molecule has 0 aliphatic heterocycles. The van der Waals surface area contributed by atoms with Crippen molar-refractivity contribution in [2.75, 3.05) is 0 Å². The number of carboxylic acids is 1. The van der Waals surface area contributed by atoms with Gasteiger partial charge >= 0.3 is 5.97 Å². The van der Waals surface area contributed by atoms with E-state index in [0.717, 1.165) is 19.3 Å². The third-order valence-electron chi connectivity index (χ3n) is 3.58. The molecule has 1 atom stereocenters. The van der Waals surface area contributed by atoms with Crippen LogP contribution in [0.5, 0.6) is 0 Å². The van der Waals surface area contributed by atoms with Gasteiger partial charge in [0.05, 0.1) is 5.92 Å². The Balaban J connectivity index is 3.19. The van der Waals surface area contributed by atoms with Crippen LogP contribution in [0.1, 0.15) is 84.5 Å². The van der Waals surface area contributed by atoms with E-state index in [2.05, 4.69) is 19.1 Å². The lowest BCUT2D eigenvalue weighted by atomic mass is 10.1. The van der Waals surface area contributed by atoms with E-state index in [9.17, 15) is 4.79 Å². The lowest BCUT2D eigenvalue weighted by Crippen LogP contribution is -2.08. The maximum atomic E-state index is 10.6. The van der Waals surface area contributed by atoms with Gasteiger partial charge in [0.2, 0.25) is 0 Å². The molecule has 1 N–H and O–H groups in total. The predicted molar refractivity (Wildman–Crippen MR) is 82.4 cm³/mol. The van der Waals surface area contributed by atoms with Crippen molar-refractivity contribution in [2.24, 2.45) is 5.92 Å². The minimum atomic E-state index is -0.684. The van der Waals surface area contributed by atoms with Crippen LogP contribution in [0.25, 0.3) is 0 Å². The van der Waals surface area contributed by atoms with Crippen LogP contribution in [0, 0.1) is 5.92 Å². The van der Waals surface area contributed by atoms with E-state index in [1.165, 1.54) is 51.4 Å². The van der Waals surface area contributed by atoms with Crippen LogP contribution in [0.2, 0.25) is 0 Å². The van der Waals surface area contributed by atoms with Crippen molar-refractivity contribution in [3.05, 3.63) is 12.2 Å². The molecule has 0 spiro atoms. The van der Waals surface area contributed by atoms with Crippen LogP contribution in [0.15, 0.2) is 12.2 Å². The van der Waals surface area contributed by atoms with Crippen molar-refractivity contribution in [2.45, 2.75) is 84.5 Å². The van der Waals surface area contributed by atoms with Gasteiger partial charge in [-0.3, -0.25) is 4.79 Å². The highest BCUT2D eigenvalue weighted by Crippen LogP contribution is 2.10. The zero-order chi connectivity index (χ0) is 14.3. The molecule has 19 heavy (non-hydrogen) atoms. The number of hydrogen-bond donors (Lipinski definition) is 1. The number of rotatable bonds is 13. The highest BCUT2D eigenvalue weighted by atomic mass is 16.4. The van der Waals surface area contributed by atoms with Crippen molar-refractivity contribution in [3.63, 3.8) is 0 Å². The second-order valence-corrected chi connectivity index (χ2v) is 5.55. The molecule has 0 aliphatic rings. The highest BCUT2D eigenvalue weighted by Gasteiger charge is 2.08. The molecule has 1 unspecified atom stereocenters. The quantitative estimate of drug-likeness (QED) is 0.350. The Labute approximate surface area is 119 Å². The number of carbonyl (C=O) groups is 1. The maximum absolute atomic E-state index is 10.6. The minimum Gasteiger partial charge on any atom is -0.481 e. The van der Waals surface area contributed by atoms with E-state index in [1.54, 1.807) is 6.92 Å². The average Bonchev–Trinajstić information content (AvgIpc) is 2.39. The molecule has 0 aromatic carbocycles. The second-order valence-electron chi connectivity index (χ2n) is 5.55. The zero-order valence-electron chi connectivity index (χ0n) is 12.9. The Morgan fingerprint density at radius 1 is 0.947 bits per heavy atom. The molecule has 0 saturated heterocycles. The summed E-state index contributed by atoms with van der Waals surface area (Å²) in [4.78, 5) is 10.6. The van der Waals surface area contributed by atoms with Crippen molar-refractivity contribution >= 4 is 5.97 Å². The van der Waals surface area contributed by atoms with Crippen LogP contribution in [0.4, 0.5) is 0 Å². The molecule has 0 aromatic heterocycles. The van der Waals surface area contributed by atoms with Crippen molar-refractivity contribution < 1.29 is 9.90 Å². The summed E-state index contributed by atoms with van der Waals surface area (Å²) in [6, 6.07) is 0. The summed E-state index contributed by atoms with van der Waals surface area (Å²) in [6.07, 6.45) is 18.0. The van der Waals surface area contributed by atoms with Gasteiger partial charge in [0.1, 0.15) is 0 Å². The van der Waals surface area contributed by atoms with Gasteiger partial charge in [-0.05, 0) is 25.7 Å². The van der Waals surface area contributed by atoms with Crippen molar-refractivity contribution in [1.29, 1.82) is 0 Å². The molecule has 0 aromatic rings. The third-order valence-corrected chi connectivity index (χ3v) is 3.58. The summed E-state index contributed by atoms with van der Waals surface area (Å²) in [6.45, 7) is 4.03.